The first-order valence-electron chi connectivity index (χ1n) is 5.38. The molecular weight excluding hydrogens is 210 g/mol. The minimum absolute atomic E-state index is 0.514. The third-order valence-corrected chi connectivity index (χ3v) is 4.14. The van der Waals surface area contributed by atoms with E-state index < -0.39 is 5.60 Å². The molecular formula is C10H17N3OS. The summed E-state index contributed by atoms with van der Waals surface area (Å²) in [7, 11) is 0. The van der Waals surface area contributed by atoms with Gasteiger partial charge in [0.15, 0.2) is 0 Å². The van der Waals surface area contributed by atoms with Gasteiger partial charge in [-0.3, -0.25) is 0 Å². The molecule has 1 N–H and O–H groups in total. The standard InChI is InChI=1S/C10H17N3OS/c1-3-4-13-9(6-11-12-13)10(14)5-8(2)15-7-10/h6,8,14H,3-5,7H2,1-2H3. The van der Waals surface area contributed by atoms with Crippen molar-refractivity contribution in [3.63, 3.8) is 0 Å². The number of nitrogens with zero attached hydrogens (tertiary/aromatic N) is 3. The van der Waals surface area contributed by atoms with Crippen LogP contribution < -0.4 is 0 Å². The van der Waals surface area contributed by atoms with Crippen LogP contribution in [0.5, 0.6) is 0 Å². The van der Waals surface area contributed by atoms with Crippen LogP contribution in [0.25, 0.3) is 0 Å². The molecule has 15 heavy (non-hydrogen) atoms. The smallest absolute Gasteiger partial charge is 0.118 e. The Hall–Kier alpha value is -0.550. The van der Waals surface area contributed by atoms with Gasteiger partial charge in [-0.25, -0.2) is 4.68 Å². The first-order valence-corrected chi connectivity index (χ1v) is 6.43. The minimum Gasteiger partial charge on any atom is -0.383 e. The second-order valence-electron chi connectivity index (χ2n) is 4.20. The minimum atomic E-state index is -0.719. The number of aliphatic hydroxyl groups is 1. The molecule has 2 atom stereocenters. The summed E-state index contributed by atoms with van der Waals surface area (Å²) in [4.78, 5) is 0. The normalized spacial score (nSPS) is 31.0. The van der Waals surface area contributed by atoms with Crippen molar-refractivity contribution in [2.75, 3.05) is 5.75 Å². The Labute approximate surface area is 94.1 Å². The number of aromatic nitrogens is 3. The fourth-order valence-corrected chi connectivity index (χ4v) is 3.27. The molecule has 2 heterocycles. The van der Waals surface area contributed by atoms with Gasteiger partial charge in [-0.1, -0.05) is 19.1 Å². The summed E-state index contributed by atoms with van der Waals surface area (Å²) in [5.74, 6) is 0.755. The highest BCUT2D eigenvalue weighted by molar-refractivity contribution is 8.00. The average molecular weight is 227 g/mol. The Balaban J connectivity index is 2.24. The maximum absolute atomic E-state index is 10.5. The van der Waals surface area contributed by atoms with E-state index in [0.29, 0.717) is 5.25 Å². The highest BCUT2D eigenvalue weighted by Gasteiger charge is 2.40. The van der Waals surface area contributed by atoms with E-state index in [2.05, 4.69) is 24.2 Å². The van der Waals surface area contributed by atoms with Crippen molar-refractivity contribution in [1.29, 1.82) is 0 Å². The van der Waals surface area contributed by atoms with E-state index >= 15 is 0 Å². The lowest BCUT2D eigenvalue weighted by Crippen LogP contribution is -2.29. The van der Waals surface area contributed by atoms with Crippen LogP contribution >= 0.6 is 11.8 Å². The predicted molar refractivity (Wildman–Crippen MR) is 60.7 cm³/mol. The molecule has 4 nitrogen and oxygen atoms in total. The van der Waals surface area contributed by atoms with Gasteiger partial charge in [0, 0.05) is 17.5 Å². The molecule has 0 amide bonds. The molecule has 0 saturated carbocycles. The summed E-state index contributed by atoms with van der Waals surface area (Å²) in [6.07, 6.45) is 3.51. The van der Waals surface area contributed by atoms with Gasteiger partial charge in [0.25, 0.3) is 0 Å². The maximum atomic E-state index is 10.5. The number of hydrogen-bond donors (Lipinski definition) is 1. The fourth-order valence-electron chi connectivity index (χ4n) is 2.05. The second kappa shape index (κ2) is 4.14. The highest BCUT2D eigenvalue weighted by atomic mass is 32.2. The summed E-state index contributed by atoms with van der Waals surface area (Å²) >= 11 is 1.81. The van der Waals surface area contributed by atoms with E-state index in [1.165, 1.54) is 0 Å². The zero-order valence-electron chi connectivity index (χ0n) is 9.18. The van der Waals surface area contributed by atoms with Crippen molar-refractivity contribution >= 4 is 11.8 Å². The molecule has 1 aromatic rings. The van der Waals surface area contributed by atoms with Crippen molar-refractivity contribution < 1.29 is 5.11 Å². The van der Waals surface area contributed by atoms with Crippen molar-refractivity contribution in [2.24, 2.45) is 0 Å². The Kier molecular flexibility index (Phi) is 3.02. The summed E-state index contributed by atoms with van der Waals surface area (Å²) in [5.41, 5.74) is 0.157. The largest absolute Gasteiger partial charge is 0.383 e. The Bertz CT molecular complexity index is 341. The molecule has 2 unspecified atom stereocenters. The van der Waals surface area contributed by atoms with Crippen molar-refractivity contribution in [2.45, 2.75) is 44.1 Å². The van der Waals surface area contributed by atoms with Crippen LogP contribution in [-0.4, -0.2) is 31.1 Å². The molecule has 84 valence electrons. The summed E-state index contributed by atoms with van der Waals surface area (Å²) in [5, 5.41) is 18.9. The van der Waals surface area contributed by atoms with Gasteiger partial charge < -0.3 is 5.11 Å². The summed E-state index contributed by atoms with van der Waals surface area (Å²) < 4.78 is 1.83. The molecule has 0 radical (unpaired) electrons. The third-order valence-electron chi connectivity index (χ3n) is 2.76. The topological polar surface area (TPSA) is 50.9 Å². The van der Waals surface area contributed by atoms with Crippen LogP contribution in [-0.2, 0) is 12.1 Å². The van der Waals surface area contributed by atoms with Crippen molar-refractivity contribution in [3.05, 3.63) is 11.9 Å². The third kappa shape index (κ3) is 2.03. The molecule has 1 aliphatic heterocycles. The first kappa shape index (κ1) is 11.0. The number of aryl methyl sites for hydroxylation is 1. The summed E-state index contributed by atoms with van der Waals surface area (Å²) in [6, 6.07) is 0. The Morgan fingerprint density at radius 3 is 3.13 bits per heavy atom. The average Bonchev–Trinajstić information content (AvgIpc) is 2.75. The van der Waals surface area contributed by atoms with Crippen LogP contribution in [0.15, 0.2) is 6.20 Å². The zero-order valence-corrected chi connectivity index (χ0v) is 10.00. The second-order valence-corrected chi connectivity index (χ2v) is 5.63. The van der Waals surface area contributed by atoms with Crippen LogP contribution in [0.2, 0.25) is 0 Å². The van der Waals surface area contributed by atoms with Gasteiger partial charge in [0.2, 0.25) is 0 Å². The van der Waals surface area contributed by atoms with Gasteiger partial charge in [0.1, 0.15) is 5.60 Å². The lowest BCUT2D eigenvalue weighted by Gasteiger charge is -2.21. The highest BCUT2D eigenvalue weighted by Crippen LogP contribution is 2.40. The van der Waals surface area contributed by atoms with Crippen LogP contribution in [0, 0.1) is 0 Å². The SMILES string of the molecule is CCCn1nncc1C1(O)CSC(C)C1. The van der Waals surface area contributed by atoms with Gasteiger partial charge in [-0.05, 0) is 12.8 Å². The van der Waals surface area contributed by atoms with E-state index in [9.17, 15) is 5.11 Å². The number of rotatable bonds is 3. The molecule has 1 aliphatic rings. The van der Waals surface area contributed by atoms with E-state index in [4.69, 9.17) is 0 Å². The molecule has 0 bridgehead atoms. The summed E-state index contributed by atoms with van der Waals surface area (Å²) in [6.45, 7) is 5.08. The molecule has 0 aliphatic carbocycles. The molecule has 1 fully saturated rings. The van der Waals surface area contributed by atoms with Crippen molar-refractivity contribution in [1.82, 2.24) is 15.0 Å². The molecule has 0 spiro atoms. The Morgan fingerprint density at radius 2 is 2.53 bits per heavy atom. The Morgan fingerprint density at radius 1 is 1.73 bits per heavy atom. The van der Waals surface area contributed by atoms with E-state index in [1.54, 1.807) is 6.20 Å². The maximum Gasteiger partial charge on any atom is 0.118 e. The predicted octanol–water partition coefficient (Wildman–Crippen LogP) is 1.40. The number of hydrogen-bond acceptors (Lipinski definition) is 4. The van der Waals surface area contributed by atoms with Gasteiger partial charge in [0.05, 0.1) is 11.9 Å². The van der Waals surface area contributed by atoms with Crippen LogP contribution in [0.1, 0.15) is 32.4 Å². The van der Waals surface area contributed by atoms with Crippen LogP contribution in [0.3, 0.4) is 0 Å². The molecule has 0 aromatic carbocycles. The van der Waals surface area contributed by atoms with Crippen LogP contribution in [0.4, 0.5) is 0 Å². The quantitative estimate of drug-likeness (QED) is 0.848. The zero-order chi connectivity index (χ0) is 10.9. The number of thioether (sulfide) groups is 1. The lowest BCUT2D eigenvalue weighted by atomic mass is 9.97. The molecule has 1 aromatic heterocycles. The molecule has 5 heteroatoms. The van der Waals surface area contributed by atoms with Gasteiger partial charge >= 0.3 is 0 Å². The fraction of sp³-hybridized carbons (Fsp3) is 0.800. The van der Waals surface area contributed by atoms with Gasteiger partial charge in [-0.15, -0.1) is 5.10 Å². The molecule has 1 saturated heterocycles. The first-order chi connectivity index (χ1) is 7.15. The van der Waals surface area contributed by atoms with E-state index in [1.807, 2.05) is 16.4 Å². The molecule has 2 rings (SSSR count). The van der Waals surface area contributed by atoms with E-state index in [0.717, 1.165) is 30.8 Å². The monoisotopic (exact) mass is 227 g/mol. The van der Waals surface area contributed by atoms with Crippen molar-refractivity contribution in [3.8, 4) is 0 Å². The van der Waals surface area contributed by atoms with E-state index in [-0.39, 0.29) is 0 Å². The lowest BCUT2D eigenvalue weighted by molar-refractivity contribution is 0.0513. The van der Waals surface area contributed by atoms with Gasteiger partial charge in [-0.2, -0.15) is 11.8 Å².